The molecular weight excluding hydrogens is 357 g/mol. The first kappa shape index (κ1) is 17.5. The molecule has 1 aromatic heterocycles. The summed E-state index contributed by atoms with van der Waals surface area (Å²) in [4.78, 5) is 3.57. The van der Waals surface area contributed by atoms with E-state index in [-0.39, 0.29) is 10.8 Å². The average molecular weight is 372 g/mol. The molecule has 0 fully saturated rings. The Morgan fingerprint density at radius 3 is 2.64 bits per heavy atom. The molecule has 0 aliphatic carbocycles. The molecule has 9 heteroatoms. The molecule has 25 heavy (non-hydrogen) atoms. The Kier molecular flexibility index (Phi) is 4.36. The van der Waals surface area contributed by atoms with E-state index in [1.54, 1.807) is 12.1 Å². The Balaban J connectivity index is 1.84. The maximum Gasteiger partial charge on any atom is 0.422 e. The first-order chi connectivity index (χ1) is 11.7. The third-order valence-corrected chi connectivity index (χ3v) is 5.70. The predicted octanol–water partition coefficient (Wildman–Crippen LogP) is 3.08. The fourth-order valence-electron chi connectivity index (χ4n) is 2.72. The van der Waals surface area contributed by atoms with Gasteiger partial charge in [0.25, 0.3) is 10.0 Å². The SMILES string of the molecule is Cc1cccc2c1CCN2S(=O)(=O)c1ccc(OCC(F)(F)F)nc1. The van der Waals surface area contributed by atoms with Gasteiger partial charge in [-0.25, -0.2) is 13.4 Å². The number of anilines is 1. The second kappa shape index (κ2) is 6.21. The van der Waals surface area contributed by atoms with E-state index in [0.717, 1.165) is 23.4 Å². The van der Waals surface area contributed by atoms with E-state index in [9.17, 15) is 21.6 Å². The highest BCUT2D eigenvalue weighted by Crippen LogP contribution is 2.34. The summed E-state index contributed by atoms with van der Waals surface area (Å²) in [6, 6.07) is 7.76. The van der Waals surface area contributed by atoms with Crippen molar-refractivity contribution in [1.82, 2.24) is 4.98 Å². The summed E-state index contributed by atoms with van der Waals surface area (Å²) in [7, 11) is -3.84. The van der Waals surface area contributed by atoms with Crippen LogP contribution in [0.5, 0.6) is 5.88 Å². The topological polar surface area (TPSA) is 59.5 Å². The summed E-state index contributed by atoms with van der Waals surface area (Å²) in [5.74, 6) is -0.283. The Labute approximate surface area is 143 Å². The van der Waals surface area contributed by atoms with Gasteiger partial charge in [-0.2, -0.15) is 13.2 Å². The number of benzene rings is 1. The molecule has 0 amide bonds. The smallest absolute Gasteiger partial charge is 0.422 e. The van der Waals surface area contributed by atoms with Crippen LogP contribution in [0, 0.1) is 6.92 Å². The quantitative estimate of drug-likeness (QED) is 0.828. The van der Waals surface area contributed by atoms with E-state index < -0.39 is 22.8 Å². The highest BCUT2D eigenvalue weighted by atomic mass is 32.2. The summed E-state index contributed by atoms with van der Waals surface area (Å²) in [5.41, 5.74) is 2.62. The van der Waals surface area contributed by atoms with Crippen molar-refractivity contribution < 1.29 is 26.3 Å². The minimum atomic E-state index is -4.48. The standard InChI is InChI=1S/C16H15F3N2O3S/c1-11-3-2-4-14-13(11)7-8-21(14)25(22,23)12-5-6-15(20-9-12)24-10-16(17,18)19/h2-6,9H,7-8,10H2,1H3. The molecule has 5 nitrogen and oxygen atoms in total. The number of aromatic nitrogens is 1. The van der Waals surface area contributed by atoms with Gasteiger partial charge in [0, 0.05) is 12.6 Å². The van der Waals surface area contributed by atoms with Gasteiger partial charge in [-0.3, -0.25) is 4.31 Å². The molecule has 0 radical (unpaired) electrons. The van der Waals surface area contributed by atoms with E-state index in [2.05, 4.69) is 9.72 Å². The van der Waals surface area contributed by atoms with E-state index in [0.29, 0.717) is 18.7 Å². The van der Waals surface area contributed by atoms with Gasteiger partial charge in [-0.05, 0) is 36.6 Å². The minimum Gasteiger partial charge on any atom is -0.468 e. The van der Waals surface area contributed by atoms with Gasteiger partial charge < -0.3 is 4.74 Å². The number of hydrogen-bond acceptors (Lipinski definition) is 4. The average Bonchev–Trinajstić information content (AvgIpc) is 2.99. The zero-order valence-corrected chi connectivity index (χ0v) is 14.1. The van der Waals surface area contributed by atoms with Crippen LogP contribution in [0.1, 0.15) is 11.1 Å². The zero-order chi connectivity index (χ0) is 18.2. The molecule has 2 heterocycles. The monoisotopic (exact) mass is 372 g/mol. The van der Waals surface area contributed by atoms with E-state index in [1.165, 1.54) is 10.4 Å². The molecule has 134 valence electrons. The fourth-order valence-corrected chi connectivity index (χ4v) is 4.16. The van der Waals surface area contributed by atoms with Crippen molar-refractivity contribution in [2.45, 2.75) is 24.4 Å². The molecule has 1 aromatic carbocycles. The van der Waals surface area contributed by atoms with Crippen LogP contribution in [-0.2, 0) is 16.4 Å². The van der Waals surface area contributed by atoms with E-state index in [1.807, 2.05) is 13.0 Å². The number of rotatable bonds is 4. The van der Waals surface area contributed by atoms with Gasteiger partial charge in [-0.1, -0.05) is 12.1 Å². The Bertz CT molecular complexity index is 880. The third kappa shape index (κ3) is 3.55. The van der Waals surface area contributed by atoms with Crippen LogP contribution >= 0.6 is 0 Å². The summed E-state index contributed by atoms with van der Waals surface area (Å²) in [6.45, 7) is 0.753. The number of hydrogen-bond donors (Lipinski definition) is 0. The number of sulfonamides is 1. The molecule has 0 bridgehead atoms. The summed E-state index contributed by atoms with van der Waals surface area (Å²) >= 11 is 0. The molecule has 0 unspecified atom stereocenters. The minimum absolute atomic E-state index is 0.0961. The number of alkyl halides is 3. The molecular formula is C16H15F3N2O3S. The summed E-state index contributed by atoms with van der Waals surface area (Å²) < 4.78 is 67.8. The molecule has 0 N–H and O–H groups in total. The molecule has 0 atom stereocenters. The first-order valence-electron chi connectivity index (χ1n) is 7.45. The lowest BCUT2D eigenvalue weighted by Crippen LogP contribution is -2.29. The van der Waals surface area contributed by atoms with Gasteiger partial charge in [-0.15, -0.1) is 0 Å². The van der Waals surface area contributed by atoms with Crippen LogP contribution in [0.2, 0.25) is 0 Å². The lowest BCUT2D eigenvalue weighted by atomic mass is 10.1. The van der Waals surface area contributed by atoms with Crippen LogP contribution in [0.4, 0.5) is 18.9 Å². The van der Waals surface area contributed by atoms with Crippen molar-refractivity contribution in [3.63, 3.8) is 0 Å². The Hall–Kier alpha value is -2.29. The van der Waals surface area contributed by atoms with Crippen molar-refractivity contribution in [2.24, 2.45) is 0 Å². The third-order valence-electron chi connectivity index (χ3n) is 3.90. The molecule has 0 saturated carbocycles. The van der Waals surface area contributed by atoms with Crippen molar-refractivity contribution in [2.75, 3.05) is 17.5 Å². The predicted molar refractivity (Wildman–Crippen MR) is 85.2 cm³/mol. The molecule has 1 aliphatic rings. The molecule has 0 spiro atoms. The number of pyridine rings is 1. The van der Waals surface area contributed by atoms with Crippen LogP contribution in [0.3, 0.4) is 0 Å². The van der Waals surface area contributed by atoms with Crippen molar-refractivity contribution >= 4 is 15.7 Å². The molecule has 0 saturated heterocycles. The van der Waals surface area contributed by atoms with Crippen molar-refractivity contribution in [3.8, 4) is 5.88 Å². The van der Waals surface area contributed by atoms with Crippen LogP contribution in [0.15, 0.2) is 41.4 Å². The van der Waals surface area contributed by atoms with E-state index >= 15 is 0 Å². The molecule has 1 aliphatic heterocycles. The van der Waals surface area contributed by atoms with Gasteiger partial charge in [0.2, 0.25) is 5.88 Å². The van der Waals surface area contributed by atoms with Gasteiger partial charge in [0.15, 0.2) is 6.61 Å². The number of halogens is 3. The molecule has 2 aromatic rings. The number of aryl methyl sites for hydroxylation is 1. The lowest BCUT2D eigenvalue weighted by molar-refractivity contribution is -0.154. The highest BCUT2D eigenvalue weighted by Gasteiger charge is 2.32. The van der Waals surface area contributed by atoms with Gasteiger partial charge in [0.05, 0.1) is 11.9 Å². The lowest BCUT2D eigenvalue weighted by Gasteiger charge is -2.19. The normalized spacial score (nSPS) is 14.5. The fraction of sp³-hybridized carbons (Fsp3) is 0.312. The first-order valence-corrected chi connectivity index (χ1v) is 8.89. The van der Waals surface area contributed by atoms with Crippen LogP contribution < -0.4 is 9.04 Å². The van der Waals surface area contributed by atoms with Crippen LogP contribution in [-0.4, -0.2) is 32.7 Å². The van der Waals surface area contributed by atoms with Gasteiger partial charge >= 0.3 is 6.18 Å². The summed E-state index contributed by atoms with van der Waals surface area (Å²) in [5, 5.41) is 0. The van der Waals surface area contributed by atoms with Gasteiger partial charge in [0.1, 0.15) is 4.90 Å². The molecule has 3 rings (SSSR count). The maximum absolute atomic E-state index is 12.8. The highest BCUT2D eigenvalue weighted by molar-refractivity contribution is 7.92. The van der Waals surface area contributed by atoms with Crippen molar-refractivity contribution in [1.29, 1.82) is 0 Å². The second-order valence-corrected chi connectivity index (χ2v) is 7.50. The largest absolute Gasteiger partial charge is 0.468 e. The maximum atomic E-state index is 12.8. The van der Waals surface area contributed by atoms with E-state index in [4.69, 9.17) is 0 Å². The zero-order valence-electron chi connectivity index (χ0n) is 13.2. The Morgan fingerprint density at radius 1 is 1.24 bits per heavy atom. The number of fused-ring (bicyclic) bond motifs is 1. The number of nitrogens with zero attached hydrogens (tertiary/aromatic N) is 2. The van der Waals surface area contributed by atoms with Crippen LogP contribution in [0.25, 0.3) is 0 Å². The summed E-state index contributed by atoms with van der Waals surface area (Å²) in [6.07, 6.45) is -2.86. The second-order valence-electron chi connectivity index (χ2n) is 5.64. The number of ether oxygens (including phenoxy) is 1. The van der Waals surface area contributed by atoms with Crippen molar-refractivity contribution in [3.05, 3.63) is 47.7 Å². The Morgan fingerprint density at radius 2 is 2.00 bits per heavy atom.